The molecule has 1 aromatic heterocycles. The second-order valence-corrected chi connectivity index (χ2v) is 8.93. The number of aryl methyl sites for hydroxylation is 1. The molecule has 198 valence electrons. The zero-order valence-corrected chi connectivity index (χ0v) is 21.4. The van der Waals surface area contributed by atoms with Crippen molar-refractivity contribution in [1.82, 2.24) is 14.5 Å². The van der Waals surface area contributed by atoms with Crippen LogP contribution in [0.5, 0.6) is 0 Å². The average molecular weight is 524 g/mol. The maximum Gasteiger partial charge on any atom is 0.266 e. The fourth-order valence-corrected chi connectivity index (χ4v) is 4.32. The van der Waals surface area contributed by atoms with Gasteiger partial charge in [0.1, 0.15) is 5.82 Å². The van der Waals surface area contributed by atoms with Gasteiger partial charge in [-0.05, 0) is 51.1 Å². The van der Waals surface area contributed by atoms with Crippen LogP contribution in [0.1, 0.15) is 36.8 Å². The number of ether oxygens (including phenoxy) is 1. The predicted molar refractivity (Wildman–Crippen MR) is 139 cm³/mol. The van der Waals surface area contributed by atoms with Crippen LogP contribution in [0.3, 0.4) is 0 Å². The number of rotatable bonds is 9. The van der Waals surface area contributed by atoms with E-state index in [4.69, 9.17) is 9.72 Å². The first-order valence-electron chi connectivity index (χ1n) is 12.3. The van der Waals surface area contributed by atoms with Crippen LogP contribution in [0, 0.1) is 24.4 Å². The Hall–Kier alpha value is -3.98. The summed E-state index contributed by atoms with van der Waals surface area (Å²) < 4.78 is 48.6. The number of aromatic nitrogens is 2. The highest BCUT2D eigenvalue weighted by atomic mass is 19.2. The van der Waals surface area contributed by atoms with Gasteiger partial charge in [0.05, 0.1) is 35.7 Å². The van der Waals surface area contributed by atoms with Gasteiger partial charge >= 0.3 is 0 Å². The standard InChI is InChI=1S/C29H28F3N3O3/c1-4-38-16-15-34(25(36)17-20-11-14-23(30)27(32)26(20)31)19(3)28-33-24-8-6-5-7-22(24)29(37)35(28)21-12-9-18(2)10-13-21/h5-14,19H,4,15-17H2,1-3H3. The Morgan fingerprint density at radius 3 is 2.45 bits per heavy atom. The molecule has 6 nitrogen and oxygen atoms in total. The van der Waals surface area contributed by atoms with Crippen LogP contribution in [0.2, 0.25) is 0 Å². The minimum Gasteiger partial charge on any atom is -0.380 e. The van der Waals surface area contributed by atoms with E-state index in [0.717, 1.165) is 17.7 Å². The maximum atomic E-state index is 14.4. The highest BCUT2D eigenvalue weighted by Gasteiger charge is 2.28. The highest BCUT2D eigenvalue weighted by Crippen LogP contribution is 2.25. The summed E-state index contributed by atoms with van der Waals surface area (Å²) in [6, 6.07) is 15.3. The Morgan fingerprint density at radius 1 is 1.03 bits per heavy atom. The van der Waals surface area contributed by atoms with E-state index in [1.54, 1.807) is 43.3 Å². The Balaban J connectivity index is 1.81. The lowest BCUT2D eigenvalue weighted by Gasteiger charge is -2.31. The molecule has 0 radical (unpaired) electrons. The van der Waals surface area contributed by atoms with Gasteiger partial charge in [0, 0.05) is 18.7 Å². The number of nitrogens with zero attached hydrogens (tertiary/aromatic N) is 3. The van der Waals surface area contributed by atoms with E-state index in [1.807, 2.05) is 26.0 Å². The molecular weight excluding hydrogens is 495 g/mol. The lowest BCUT2D eigenvalue weighted by atomic mass is 10.1. The molecule has 9 heteroatoms. The van der Waals surface area contributed by atoms with Crippen LogP contribution < -0.4 is 5.56 Å². The van der Waals surface area contributed by atoms with Gasteiger partial charge in [-0.1, -0.05) is 35.9 Å². The molecule has 0 spiro atoms. The molecule has 3 aromatic carbocycles. The first-order chi connectivity index (χ1) is 18.2. The van der Waals surface area contributed by atoms with Crippen molar-refractivity contribution in [2.75, 3.05) is 19.8 Å². The first kappa shape index (κ1) is 27.1. The van der Waals surface area contributed by atoms with Crippen molar-refractivity contribution >= 4 is 16.8 Å². The number of halogens is 3. The molecular formula is C29H28F3N3O3. The van der Waals surface area contributed by atoms with E-state index in [-0.39, 0.29) is 24.3 Å². The molecule has 38 heavy (non-hydrogen) atoms. The fourth-order valence-electron chi connectivity index (χ4n) is 4.32. The number of benzene rings is 3. The first-order valence-corrected chi connectivity index (χ1v) is 12.3. The molecule has 0 fully saturated rings. The van der Waals surface area contributed by atoms with Gasteiger partial charge in [0.2, 0.25) is 5.91 Å². The zero-order valence-electron chi connectivity index (χ0n) is 21.4. The average Bonchev–Trinajstić information content (AvgIpc) is 2.91. The van der Waals surface area contributed by atoms with Gasteiger partial charge in [0.25, 0.3) is 5.56 Å². The van der Waals surface area contributed by atoms with E-state index >= 15 is 0 Å². The van der Waals surface area contributed by atoms with E-state index < -0.39 is 35.8 Å². The van der Waals surface area contributed by atoms with Crippen LogP contribution in [-0.4, -0.2) is 40.1 Å². The Labute approximate surface area is 218 Å². The van der Waals surface area contributed by atoms with Gasteiger partial charge in [0.15, 0.2) is 17.5 Å². The van der Waals surface area contributed by atoms with Crippen LogP contribution in [0.25, 0.3) is 16.6 Å². The Bertz CT molecular complexity index is 1520. The third-order valence-electron chi connectivity index (χ3n) is 6.39. The normalized spacial score (nSPS) is 12.1. The number of hydrogen-bond acceptors (Lipinski definition) is 4. The van der Waals surface area contributed by atoms with Crippen LogP contribution in [0.15, 0.2) is 65.5 Å². The van der Waals surface area contributed by atoms with Crippen molar-refractivity contribution in [2.24, 2.45) is 0 Å². The molecule has 0 aliphatic rings. The molecule has 1 unspecified atom stereocenters. The monoisotopic (exact) mass is 523 g/mol. The molecule has 4 rings (SSSR count). The van der Waals surface area contributed by atoms with Crippen LogP contribution in [0.4, 0.5) is 13.2 Å². The van der Waals surface area contributed by atoms with E-state index in [9.17, 15) is 22.8 Å². The highest BCUT2D eigenvalue weighted by molar-refractivity contribution is 5.80. The third kappa shape index (κ3) is 5.47. The summed E-state index contributed by atoms with van der Waals surface area (Å²) in [7, 11) is 0. The second kappa shape index (κ2) is 11.6. The second-order valence-electron chi connectivity index (χ2n) is 8.93. The molecule has 0 saturated heterocycles. The van der Waals surface area contributed by atoms with E-state index in [1.165, 1.54) is 9.47 Å². The lowest BCUT2D eigenvalue weighted by molar-refractivity contribution is -0.133. The van der Waals surface area contributed by atoms with Crippen molar-refractivity contribution in [3.63, 3.8) is 0 Å². The summed E-state index contributed by atoms with van der Waals surface area (Å²) in [5, 5.41) is 0.417. The van der Waals surface area contributed by atoms with Crippen molar-refractivity contribution in [2.45, 2.75) is 33.2 Å². The molecule has 0 aliphatic carbocycles. The number of hydrogen-bond donors (Lipinski definition) is 0. The number of carbonyl (C=O) groups excluding carboxylic acids is 1. The number of fused-ring (bicyclic) bond motifs is 1. The summed E-state index contributed by atoms with van der Waals surface area (Å²) in [4.78, 5) is 33.3. The van der Waals surface area contributed by atoms with Crippen LogP contribution >= 0.6 is 0 Å². The smallest absolute Gasteiger partial charge is 0.266 e. The van der Waals surface area contributed by atoms with Gasteiger partial charge in [-0.25, -0.2) is 18.2 Å². The molecule has 1 heterocycles. The van der Waals surface area contributed by atoms with E-state index in [0.29, 0.717) is 29.0 Å². The third-order valence-corrected chi connectivity index (χ3v) is 6.39. The molecule has 0 bridgehead atoms. The molecule has 1 atom stereocenters. The van der Waals surface area contributed by atoms with Crippen molar-refractivity contribution in [1.29, 1.82) is 0 Å². The van der Waals surface area contributed by atoms with Crippen molar-refractivity contribution in [3.05, 3.63) is 105 Å². The Morgan fingerprint density at radius 2 is 1.74 bits per heavy atom. The number of amides is 1. The van der Waals surface area contributed by atoms with Gasteiger partial charge in [-0.2, -0.15) is 0 Å². The SMILES string of the molecule is CCOCCN(C(=O)Cc1ccc(F)c(F)c1F)C(C)c1nc2ccccc2c(=O)n1-c1ccc(C)cc1. The summed E-state index contributed by atoms with van der Waals surface area (Å²) >= 11 is 0. The van der Waals surface area contributed by atoms with Crippen LogP contribution in [-0.2, 0) is 16.0 Å². The summed E-state index contributed by atoms with van der Waals surface area (Å²) in [6.07, 6.45) is -0.512. The maximum absolute atomic E-state index is 14.4. The van der Waals surface area contributed by atoms with Gasteiger partial charge in [-0.3, -0.25) is 14.2 Å². The predicted octanol–water partition coefficient (Wildman–Crippen LogP) is 5.28. The lowest BCUT2D eigenvalue weighted by Crippen LogP contribution is -2.40. The molecule has 4 aromatic rings. The number of para-hydroxylation sites is 1. The molecule has 0 saturated carbocycles. The Kier molecular flexibility index (Phi) is 8.26. The topological polar surface area (TPSA) is 64.4 Å². The minimum absolute atomic E-state index is 0.107. The summed E-state index contributed by atoms with van der Waals surface area (Å²) in [5.74, 6) is -4.62. The van der Waals surface area contributed by atoms with E-state index in [2.05, 4.69) is 0 Å². The quantitative estimate of drug-likeness (QED) is 0.221. The summed E-state index contributed by atoms with van der Waals surface area (Å²) in [6.45, 7) is 6.15. The van der Waals surface area contributed by atoms with Gasteiger partial charge in [-0.15, -0.1) is 0 Å². The molecule has 0 N–H and O–H groups in total. The summed E-state index contributed by atoms with van der Waals surface area (Å²) in [5.41, 5.74) is 1.47. The zero-order chi connectivity index (χ0) is 27.4. The fraction of sp³-hybridized carbons (Fsp3) is 0.276. The van der Waals surface area contributed by atoms with Crippen molar-refractivity contribution in [3.8, 4) is 5.69 Å². The molecule has 1 amide bonds. The molecule has 0 aliphatic heterocycles. The van der Waals surface area contributed by atoms with Crippen molar-refractivity contribution < 1.29 is 22.7 Å². The van der Waals surface area contributed by atoms with Gasteiger partial charge < -0.3 is 9.64 Å². The minimum atomic E-state index is -1.63. The largest absolute Gasteiger partial charge is 0.380 e. The number of carbonyl (C=O) groups is 1.